The molecule has 1 aliphatic carbocycles. The summed E-state index contributed by atoms with van der Waals surface area (Å²) in [7, 11) is 4.77. The molecule has 0 aromatic heterocycles. The molecule has 0 unspecified atom stereocenters. The summed E-state index contributed by atoms with van der Waals surface area (Å²) in [6, 6.07) is 20.1. The number of nitrogens with zero attached hydrogens (tertiary/aromatic N) is 1. The molecular weight excluding hydrogens is 480 g/mol. The number of fused-ring (bicyclic) bond motifs is 1. The molecule has 2 atom stereocenters. The maximum Gasteiger partial charge on any atom is 0.254 e. The second-order valence-electron chi connectivity index (χ2n) is 9.84. The van der Waals surface area contributed by atoms with Gasteiger partial charge in [0.15, 0.2) is 0 Å². The second kappa shape index (κ2) is 11.2. The third-order valence-electron chi connectivity index (χ3n) is 7.75. The fourth-order valence-corrected chi connectivity index (χ4v) is 5.86. The quantitative estimate of drug-likeness (QED) is 0.421. The Kier molecular flexibility index (Phi) is 7.54. The van der Waals surface area contributed by atoms with E-state index in [9.17, 15) is 9.59 Å². The van der Waals surface area contributed by atoms with E-state index in [0.717, 1.165) is 42.6 Å². The molecule has 198 valence electrons. The van der Waals surface area contributed by atoms with Gasteiger partial charge in [0.05, 0.1) is 39.0 Å². The van der Waals surface area contributed by atoms with Crippen molar-refractivity contribution in [2.45, 2.75) is 50.1 Å². The van der Waals surface area contributed by atoms with Crippen molar-refractivity contribution >= 4 is 17.5 Å². The summed E-state index contributed by atoms with van der Waals surface area (Å²) in [5.41, 5.74) is 2.77. The van der Waals surface area contributed by atoms with E-state index in [-0.39, 0.29) is 17.9 Å². The zero-order valence-corrected chi connectivity index (χ0v) is 22.1. The minimum atomic E-state index is -0.619. The molecule has 5 rings (SSSR count). The molecule has 3 aromatic carbocycles. The number of benzene rings is 3. The Morgan fingerprint density at radius 2 is 1.53 bits per heavy atom. The van der Waals surface area contributed by atoms with Crippen LogP contribution in [0.15, 0.2) is 66.7 Å². The van der Waals surface area contributed by atoms with Gasteiger partial charge in [0.25, 0.3) is 5.91 Å². The fraction of sp³-hybridized carbons (Fsp3) is 0.355. The largest absolute Gasteiger partial charge is 0.497 e. The lowest BCUT2D eigenvalue weighted by atomic mass is 9.77. The second-order valence-corrected chi connectivity index (χ2v) is 9.84. The number of anilines is 1. The van der Waals surface area contributed by atoms with Crippen molar-refractivity contribution < 1.29 is 23.8 Å². The van der Waals surface area contributed by atoms with Crippen LogP contribution in [0.25, 0.3) is 0 Å². The number of carbonyl (C=O) groups excluding carboxylic acids is 2. The number of methoxy groups -OCH3 is 3. The molecule has 0 radical (unpaired) electrons. The minimum Gasteiger partial charge on any atom is -0.497 e. The topological polar surface area (TPSA) is 77.1 Å². The third kappa shape index (κ3) is 4.80. The highest BCUT2D eigenvalue weighted by Crippen LogP contribution is 2.46. The number of hydrogen-bond acceptors (Lipinski definition) is 5. The summed E-state index contributed by atoms with van der Waals surface area (Å²) >= 11 is 0. The molecular formula is C31H34N2O5. The Bertz CT molecular complexity index is 1300. The van der Waals surface area contributed by atoms with Gasteiger partial charge in [-0.15, -0.1) is 0 Å². The first-order chi connectivity index (χ1) is 18.5. The van der Waals surface area contributed by atoms with Gasteiger partial charge < -0.3 is 24.4 Å². The highest BCUT2D eigenvalue weighted by Gasteiger charge is 2.46. The molecule has 1 saturated carbocycles. The van der Waals surface area contributed by atoms with Crippen LogP contribution in [0.2, 0.25) is 0 Å². The van der Waals surface area contributed by atoms with E-state index in [1.165, 1.54) is 6.42 Å². The van der Waals surface area contributed by atoms with Gasteiger partial charge in [-0.2, -0.15) is 0 Å². The predicted molar refractivity (Wildman–Crippen MR) is 146 cm³/mol. The van der Waals surface area contributed by atoms with E-state index in [2.05, 4.69) is 5.32 Å². The summed E-state index contributed by atoms with van der Waals surface area (Å²) in [4.78, 5) is 30.3. The van der Waals surface area contributed by atoms with Gasteiger partial charge in [0.1, 0.15) is 17.2 Å². The first kappa shape index (κ1) is 25.6. The Balaban J connectivity index is 1.62. The first-order valence-electron chi connectivity index (χ1n) is 13.1. The number of hydrogen-bond donors (Lipinski definition) is 1. The lowest BCUT2D eigenvalue weighted by molar-refractivity contribution is -0.119. The van der Waals surface area contributed by atoms with Gasteiger partial charge in [0.2, 0.25) is 5.91 Å². The molecule has 1 heterocycles. The maximum absolute atomic E-state index is 14.2. The van der Waals surface area contributed by atoms with Gasteiger partial charge in [-0.3, -0.25) is 9.59 Å². The van der Waals surface area contributed by atoms with Crippen LogP contribution in [-0.4, -0.2) is 44.1 Å². The molecule has 0 saturated heterocycles. The number of ether oxygens (including phenoxy) is 3. The van der Waals surface area contributed by atoms with E-state index in [0.29, 0.717) is 22.7 Å². The standard InChI is InChI=1S/C31H34N2O5/c1-36-22-15-13-20(14-16-22)29-28(30(34)32-26-18-17-23(37-2)19-27(26)38-3)24-11-7-8-12-25(24)31(35)33(29)21-9-5-4-6-10-21/h7-8,11-19,21,28-29H,4-6,9-10H2,1-3H3,(H,32,34)/t28-,29+/m0/s1. The lowest BCUT2D eigenvalue weighted by Gasteiger charge is -2.46. The van der Waals surface area contributed by atoms with E-state index >= 15 is 0 Å². The number of rotatable bonds is 7. The van der Waals surface area contributed by atoms with Gasteiger partial charge in [-0.25, -0.2) is 0 Å². The Hall–Kier alpha value is -4.00. The molecule has 1 N–H and O–H groups in total. The summed E-state index contributed by atoms with van der Waals surface area (Å²) in [5, 5.41) is 3.10. The highest BCUT2D eigenvalue weighted by molar-refractivity contribution is 6.05. The smallest absolute Gasteiger partial charge is 0.254 e. The van der Waals surface area contributed by atoms with E-state index in [1.54, 1.807) is 39.5 Å². The van der Waals surface area contributed by atoms with Crippen LogP contribution < -0.4 is 19.5 Å². The SMILES string of the molecule is COc1ccc([C@@H]2[C@@H](C(=O)Nc3ccc(OC)cc3OC)c3ccccc3C(=O)N2C2CCCCC2)cc1. The molecule has 2 aliphatic rings. The molecule has 1 aliphatic heterocycles. The Labute approximate surface area is 223 Å². The van der Waals surface area contributed by atoms with Crippen molar-refractivity contribution in [2.24, 2.45) is 0 Å². The molecule has 0 bridgehead atoms. The van der Waals surface area contributed by atoms with Crippen molar-refractivity contribution in [2.75, 3.05) is 26.6 Å². The molecule has 0 spiro atoms. The normalized spacial score (nSPS) is 19.4. The van der Waals surface area contributed by atoms with E-state index in [1.807, 2.05) is 53.4 Å². The van der Waals surface area contributed by atoms with E-state index < -0.39 is 12.0 Å². The molecule has 7 heteroatoms. The average molecular weight is 515 g/mol. The van der Waals surface area contributed by atoms with Crippen molar-refractivity contribution in [3.63, 3.8) is 0 Å². The molecule has 7 nitrogen and oxygen atoms in total. The van der Waals surface area contributed by atoms with Crippen molar-refractivity contribution in [3.8, 4) is 17.2 Å². The number of amides is 2. The van der Waals surface area contributed by atoms with Crippen LogP contribution in [0.5, 0.6) is 17.2 Å². The lowest BCUT2D eigenvalue weighted by Crippen LogP contribution is -2.51. The van der Waals surface area contributed by atoms with Gasteiger partial charge in [-0.05, 0) is 54.3 Å². The van der Waals surface area contributed by atoms with Crippen molar-refractivity contribution in [1.82, 2.24) is 4.90 Å². The maximum atomic E-state index is 14.2. The first-order valence-corrected chi connectivity index (χ1v) is 13.1. The Morgan fingerprint density at radius 3 is 2.21 bits per heavy atom. The van der Waals surface area contributed by atoms with Crippen LogP contribution in [-0.2, 0) is 4.79 Å². The van der Waals surface area contributed by atoms with Crippen LogP contribution in [0.3, 0.4) is 0 Å². The zero-order valence-electron chi connectivity index (χ0n) is 22.1. The predicted octanol–water partition coefficient (Wildman–Crippen LogP) is 5.96. The summed E-state index contributed by atoms with van der Waals surface area (Å²) in [6.45, 7) is 0. The highest BCUT2D eigenvalue weighted by atomic mass is 16.5. The van der Waals surface area contributed by atoms with Gasteiger partial charge in [-0.1, -0.05) is 49.6 Å². The minimum absolute atomic E-state index is 0.0144. The molecule has 2 amide bonds. The summed E-state index contributed by atoms with van der Waals surface area (Å²) in [6.07, 6.45) is 5.18. The Morgan fingerprint density at radius 1 is 0.842 bits per heavy atom. The fourth-order valence-electron chi connectivity index (χ4n) is 5.86. The molecule has 38 heavy (non-hydrogen) atoms. The van der Waals surface area contributed by atoms with Crippen LogP contribution in [0.4, 0.5) is 5.69 Å². The summed E-state index contributed by atoms with van der Waals surface area (Å²) in [5.74, 6) is 1.03. The average Bonchev–Trinajstić information content (AvgIpc) is 2.97. The zero-order chi connectivity index (χ0) is 26.6. The van der Waals surface area contributed by atoms with Crippen LogP contribution in [0.1, 0.15) is 65.5 Å². The van der Waals surface area contributed by atoms with Gasteiger partial charge in [0, 0.05) is 17.7 Å². The van der Waals surface area contributed by atoms with Crippen LogP contribution in [0, 0.1) is 0 Å². The summed E-state index contributed by atoms with van der Waals surface area (Å²) < 4.78 is 16.3. The number of nitrogens with one attached hydrogen (secondary N) is 1. The van der Waals surface area contributed by atoms with Gasteiger partial charge >= 0.3 is 0 Å². The number of carbonyl (C=O) groups is 2. The molecule has 1 fully saturated rings. The third-order valence-corrected chi connectivity index (χ3v) is 7.75. The monoisotopic (exact) mass is 514 g/mol. The van der Waals surface area contributed by atoms with Crippen molar-refractivity contribution in [1.29, 1.82) is 0 Å². The molecule has 3 aromatic rings. The van der Waals surface area contributed by atoms with Crippen LogP contribution >= 0.6 is 0 Å². The van der Waals surface area contributed by atoms with Crippen molar-refractivity contribution in [3.05, 3.63) is 83.4 Å². The van der Waals surface area contributed by atoms with E-state index in [4.69, 9.17) is 14.2 Å².